The molecule has 4 aliphatic heterocycles. The number of amides is 4. The molecule has 4 amide bonds. The summed E-state index contributed by atoms with van der Waals surface area (Å²) < 4.78 is 5.53. The van der Waals surface area contributed by atoms with Gasteiger partial charge in [0.1, 0.15) is 11.7 Å². The molecule has 1 aromatic heterocycles. The first kappa shape index (κ1) is 26.9. The summed E-state index contributed by atoms with van der Waals surface area (Å²) in [6.07, 6.45) is 2.28. The number of hydrogen-bond acceptors (Lipinski definition) is 6. The van der Waals surface area contributed by atoms with E-state index in [4.69, 9.17) is 4.74 Å². The highest BCUT2D eigenvalue weighted by molar-refractivity contribution is 6.05. The number of ether oxygens (including phenoxy) is 1. The molecule has 1 atom stereocenters. The Labute approximate surface area is 244 Å². The number of H-pyrrole nitrogens is 1. The summed E-state index contributed by atoms with van der Waals surface area (Å²) in [4.78, 5) is 60.2. The maximum Gasteiger partial charge on any atom is 0.270 e. The van der Waals surface area contributed by atoms with E-state index in [2.05, 4.69) is 27.3 Å². The third-order valence-corrected chi connectivity index (χ3v) is 9.31. The van der Waals surface area contributed by atoms with Crippen LogP contribution in [0.25, 0.3) is 10.9 Å². The molecule has 10 nitrogen and oxygen atoms in total. The van der Waals surface area contributed by atoms with Crippen LogP contribution in [0, 0.1) is 0 Å². The van der Waals surface area contributed by atoms with E-state index in [1.807, 2.05) is 35.2 Å². The second-order valence-electron chi connectivity index (χ2n) is 11.8. The van der Waals surface area contributed by atoms with E-state index in [0.29, 0.717) is 57.1 Å². The number of carbonyl (C=O) groups is 4. The third kappa shape index (κ3) is 4.88. The quantitative estimate of drug-likeness (QED) is 0.457. The first-order chi connectivity index (χ1) is 20.5. The SMILES string of the molecule is O=C1CCC(N2Cc3cc(C4CCN(C(=O)c5[nH]c6ccccc6c5CN5CCOCC5)CC4)ccc3C2=O)C(=O)N1. The Morgan fingerprint density at radius 2 is 1.74 bits per heavy atom. The Morgan fingerprint density at radius 1 is 0.952 bits per heavy atom. The van der Waals surface area contributed by atoms with Gasteiger partial charge in [-0.1, -0.05) is 30.3 Å². The number of nitrogens with one attached hydrogen (secondary N) is 2. The fraction of sp³-hybridized carbons (Fsp3) is 0.438. The molecule has 0 spiro atoms. The van der Waals surface area contributed by atoms with Crippen molar-refractivity contribution in [3.8, 4) is 0 Å². The highest BCUT2D eigenvalue weighted by atomic mass is 16.5. The smallest absolute Gasteiger partial charge is 0.270 e. The standard InChI is InChI=1S/C32H35N5O5/c38-28-8-7-27(30(39)34-28)37-18-22-17-21(5-6-23(22)31(37)40)20-9-11-36(12-10-20)32(41)29-25(19-35-13-15-42-16-14-35)24-3-1-2-4-26(24)33-29/h1-6,17,20,27,33H,7-16,18-19H2,(H,34,38,39). The molecule has 0 saturated carbocycles. The molecule has 3 saturated heterocycles. The molecule has 4 aliphatic rings. The molecule has 0 radical (unpaired) electrons. The Morgan fingerprint density at radius 3 is 2.52 bits per heavy atom. The van der Waals surface area contributed by atoms with E-state index < -0.39 is 11.9 Å². The zero-order valence-corrected chi connectivity index (χ0v) is 23.6. The fourth-order valence-electron chi connectivity index (χ4n) is 6.95. The lowest BCUT2D eigenvalue weighted by molar-refractivity contribution is -0.136. The van der Waals surface area contributed by atoms with Crippen molar-refractivity contribution in [3.63, 3.8) is 0 Å². The van der Waals surface area contributed by atoms with Gasteiger partial charge in [0.15, 0.2) is 0 Å². The number of hydrogen-bond donors (Lipinski definition) is 2. The predicted molar refractivity (Wildman–Crippen MR) is 155 cm³/mol. The van der Waals surface area contributed by atoms with Gasteiger partial charge in [-0.2, -0.15) is 0 Å². The average molecular weight is 570 g/mol. The van der Waals surface area contributed by atoms with Crippen LogP contribution in [0.2, 0.25) is 0 Å². The lowest BCUT2D eigenvalue weighted by Gasteiger charge is -2.33. The number of fused-ring (bicyclic) bond motifs is 2. The molecule has 0 bridgehead atoms. The highest BCUT2D eigenvalue weighted by Crippen LogP contribution is 2.34. The van der Waals surface area contributed by atoms with Gasteiger partial charge in [-0.15, -0.1) is 0 Å². The Balaban J connectivity index is 1.04. The largest absolute Gasteiger partial charge is 0.379 e. The van der Waals surface area contributed by atoms with Gasteiger partial charge in [0.2, 0.25) is 11.8 Å². The molecule has 3 aromatic rings. The number of piperidine rings is 2. The first-order valence-electron chi connectivity index (χ1n) is 14.9. The van der Waals surface area contributed by atoms with Crippen molar-refractivity contribution in [1.29, 1.82) is 0 Å². The van der Waals surface area contributed by atoms with Gasteiger partial charge in [0.25, 0.3) is 11.8 Å². The lowest BCUT2D eigenvalue weighted by atomic mass is 9.87. The van der Waals surface area contributed by atoms with Crippen molar-refractivity contribution in [2.24, 2.45) is 0 Å². The van der Waals surface area contributed by atoms with Gasteiger partial charge in [-0.05, 0) is 48.4 Å². The number of aromatic amines is 1. The zero-order chi connectivity index (χ0) is 28.8. The number of morpholine rings is 1. The van der Waals surface area contributed by atoms with Gasteiger partial charge in [0, 0.05) is 67.7 Å². The summed E-state index contributed by atoms with van der Waals surface area (Å²) in [6.45, 7) is 5.55. The van der Waals surface area contributed by atoms with Crippen molar-refractivity contribution >= 4 is 34.5 Å². The summed E-state index contributed by atoms with van der Waals surface area (Å²) >= 11 is 0. The molecule has 0 aliphatic carbocycles. The molecule has 3 fully saturated rings. The molecule has 5 heterocycles. The van der Waals surface area contributed by atoms with E-state index in [0.717, 1.165) is 53.5 Å². The van der Waals surface area contributed by atoms with Crippen LogP contribution in [0.15, 0.2) is 42.5 Å². The topological polar surface area (TPSA) is 115 Å². The molecule has 1 unspecified atom stereocenters. The number of aromatic nitrogens is 1. The fourth-order valence-corrected chi connectivity index (χ4v) is 6.95. The van der Waals surface area contributed by atoms with Gasteiger partial charge in [-0.25, -0.2) is 0 Å². The van der Waals surface area contributed by atoms with Crippen LogP contribution in [0.3, 0.4) is 0 Å². The van der Waals surface area contributed by atoms with Crippen LogP contribution < -0.4 is 5.32 Å². The zero-order valence-electron chi connectivity index (χ0n) is 23.6. The van der Waals surface area contributed by atoms with Crippen molar-refractivity contribution < 1.29 is 23.9 Å². The number of benzene rings is 2. The summed E-state index contributed by atoms with van der Waals surface area (Å²) in [6, 6.07) is 13.5. The third-order valence-electron chi connectivity index (χ3n) is 9.31. The first-order valence-corrected chi connectivity index (χ1v) is 14.9. The van der Waals surface area contributed by atoms with E-state index >= 15 is 0 Å². The lowest BCUT2D eigenvalue weighted by Crippen LogP contribution is -2.52. The minimum Gasteiger partial charge on any atom is -0.379 e. The number of para-hydroxylation sites is 1. The van der Waals surface area contributed by atoms with Gasteiger partial charge in [-0.3, -0.25) is 29.4 Å². The Hall–Kier alpha value is -4.02. The van der Waals surface area contributed by atoms with Crippen LogP contribution >= 0.6 is 0 Å². The van der Waals surface area contributed by atoms with Gasteiger partial charge in [0.05, 0.1) is 13.2 Å². The van der Waals surface area contributed by atoms with Crippen molar-refractivity contribution in [1.82, 2.24) is 25.0 Å². The number of nitrogens with zero attached hydrogens (tertiary/aromatic N) is 3. The van der Waals surface area contributed by atoms with Crippen molar-refractivity contribution in [2.45, 2.75) is 50.7 Å². The Bertz CT molecular complexity index is 1570. The van der Waals surface area contributed by atoms with E-state index in [1.54, 1.807) is 4.90 Å². The number of likely N-dealkylation sites (tertiary alicyclic amines) is 1. The average Bonchev–Trinajstić information content (AvgIpc) is 3.54. The van der Waals surface area contributed by atoms with Gasteiger partial charge < -0.3 is 19.5 Å². The van der Waals surface area contributed by atoms with Crippen molar-refractivity contribution in [2.75, 3.05) is 39.4 Å². The second kappa shape index (κ2) is 11.0. The van der Waals surface area contributed by atoms with Crippen LogP contribution in [-0.4, -0.2) is 88.7 Å². The molecule has 10 heteroatoms. The Kier molecular flexibility index (Phi) is 7.03. The van der Waals surface area contributed by atoms with Crippen LogP contribution in [0.4, 0.5) is 0 Å². The maximum atomic E-state index is 13.9. The molecule has 2 N–H and O–H groups in total. The second-order valence-corrected chi connectivity index (χ2v) is 11.8. The monoisotopic (exact) mass is 569 g/mol. The molecule has 42 heavy (non-hydrogen) atoms. The van der Waals surface area contributed by atoms with Crippen molar-refractivity contribution in [3.05, 3.63) is 70.4 Å². The summed E-state index contributed by atoms with van der Waals surface area (Å²) in [5.74, 6) is -0.502. The molecule has 2 aromatic carbocycles. The van der Waals surface area contributed by atoms with Gasteiger partial charge >= 0.3 is 0 Å². The van der Waals surface area contributed by atoms with Crippen LogP contribution in [-0.2, 0) is 27.4 Å². The van der Waals surface area contributed by atoms with E-state index in [-0.39, 0.29) is 30.1 Å². The minimum absolute atomic E-state index is 0.0485. The summed E-state index contributed by atoms with van der Waals surface area (Å²) in [7, 11) is 0. The summed E-state index contributed by atoms with van der Waals surface area (Å²) in [5.41, 5.74) is 5.44. The normalized spacial score (nSPS) is 22.1. The minimum atomic E-state index is -0.613. The number of rotatable bonds is 5. The predicted octanol–water partition coefficient (Wildman–Crippen LogP) is 2.78. The molecular formula is C32H35N5O5. The number of carbonyl (C=O) groups excluding carboxylic acids is 4. The molecular weight excluding hydrogens is 534 g/mol. The van der Waals surface area contributed by atoms with Crippen LogP contribution in [0.1, 0.15) is 69.1 Å². The number of imide groups is 1. The molecule has 7 rings (SSSR count). The van der Waals surface area contributed by atoms with E-state index in [1.165, 1.54) is 0 Å². The van der Waals surface area contributed by atoms with Crippen LogP contribution in [0.5, 0.6) is 0 Å². The maximum absolute atomic E-state index is 13.9. The van der Waals surface area contributed by atoms with E-state index in [9.17, 15) is 19.2 Å². The highest BCUT2D eigenvalue weighted by Gasteiger charge is 2.39. The molecule has 218 valence electrons. The summed E-state index contributed by atoms with van der Waals surface area (Å²) in [5, 5.41) is 3.46.